The minimum atomic E-state index is 0.417. The van der Waals surface area contributed by atoms with Gasteiger partial charge in [0.15, 0.2) is 0 Å². The Balaban J connectivity index is 2.43. The molecule has 1 unspecified atom stereocenters. The third-order valence-corrected chi connectivity index (χ3v) is 3.65. The molecule has 0 aliphatic rings. The van der Waals surface area contributed by atoms with Gasteiger partial charge in [0.25, 0.3) is 0 Å². The Morgan fingerprint density at radius 2 is 2.06 bits per heavy atom. The minimum absolute atomic E-state index is 0.417. The number of hydrogen-bond donors (Lipinski definition) is 1. The molecule has 1 atom stereocenters. The van der Waals surface area contributed by atoms with E-state index in [-0.39, 0.29) is 0 Å². The highest BCUT2D eigenvalue weighted by Gasteiger charge is 2.01. The van der Waals surface area contributed by atoms with Crippen LogP contribution >= 0.6 is 11.8 Å². The second kappa shape index (κ2) is 7.38. The van der Waals surface area contributed by atoms with Crippen molar-refractivity contribution in [1.82, 2.24) is 5.32 Å². The molecule has 0 saturated heterocycles. The highest BCUT2D eigenvalue weighted by Crippen LogP contribution is 2.21. The van der Waals surface area contributed by atoms with Crippen LogP contribution in [0.1, 0.15) is 31.4 Å². The molecule has 2 heteroatoms. The maximum absolute atomic E-state index is 5.21. The number of thioether (sulfide) groups is 1. The first-order chi connectivity index (χ1) is 7.77. The van der Waals surface area contributed by atoms with E-state index >= 15 is 0 Å². The van der Waals surface area contributed by atoms with E-state index in [2.05, 4.69) is 42.4 Å². The van der Waals surface area contributed by atoms with Crippen molar-refractivity contribution in [3.05, 3.63) is 29.8 Å². The van der Waals surface area contributed by atoms with Gasteiger partial charge < -0.3 is 5.32 Å². The largest absolute Gasteiger partial charge is 0.313 e. The molecule has 0 aliphatic heterocycles. The van der Waals surface area contributed by atoms with Gasteiger partial charge in [-0.25, -0.2) is 0 Å². The van der Waals surface area contributed by atoms with Crippen LogP contribution in [0.5, 0.6) is 0 Å². The van der Waals surface area contributed by atoms with Crippen LogP contribution in [0.2, 0.25) is 0 Å². The average Bonchev–Trinajstić information content (AvgIpc) is 2.34. The number of benzene rings is 1. The zero-order valence-corrected chi connectivity index (χ0v) is 10.8. The van der Waals surface area contributed by atoms with E-state index in [0.717, 1.165) is 18.6 Å². The van der Waals surface area contributed by atoms with Gasteiger partial charge in [-0.3, -0.25) is 0 Å². The van der Waals surface area contributed by atoms with Gasteiger partial charge in [-0.1, -0.05) is 12.1 Å². The van der Waals surface area contributed by atoms with Crippen LogP contribution < -0.4 is 5.32 Å². The maximum atomic E-state index is 5.21. The smallest absolute Gasteiger partial charge is 0.0289 e. The average molecular weight is 233 g/mol. The molecule has 0 fully saturated rings. The molecule has 0 spiro atoms. The molecule has 1 aromatic rings. The molecule has 0 bridgehead atoms. The zero-order valence-electron chi connectivity index (χ0n) is 9.99. The van der Waals surface area contributed by atoms with Gasteiger partial charge in [0.2, 0.25) is 0 Å². The summed E-state index contributed by atoms with van der Waals surface area (Å²) in [7, 11) is 1.98. The highest BCUT2D eigenvalue weighted by molar-refractivity contribution is 7.99. The predicted molar refractivity (Wildman–Crippen MR) is 72.7 cm³/mol. The Kier molecular flexibility index (Phi) is 6.07. The van der Waals surface area contributed by atoms with Crippen LogP contribution in [0.25, 0.3) is 0 Å². The monoisotopic (exact) mass is 233 g/mol. The van der Waals surface area contributed by atoms with E-state index < -0.39 is 0 Å². The Morgan fingerprint density at radius 3 is 2.62 bits per heavy atom. The molecule has 0 saturated carbocycles. The van der Waals surface area contributed by atoms with Crippen molar-refractivity contribution in [2.75, 3.05) is 12.8 Å². The quantitative estimate of drug-likeness (QED) is 0.459. The standard InChI is InChI=1S/C14H19NS/c1-4-5-6-11-16-14-9-7-13(8-10-14)12(2)15-3/h1,7-10,12,15H,5-6,11H2,2-3H3. The van der Waals surface area contributed by atoms with E-state index in [1.807, 2.05) is 18.8 Å². The summed E-state index contributed by atoms with van der Waals surface area (Å²) in [6.07, 6.45) is 7.18. The molecule has 86 valence electrons. The van der Waals surface area contributed by atoms with Crippen LogP contribution in [-0.2, 0) is 0 Å². The number of terminal acetylenes is 1. The van der Waals surface area contributed by atoms with Crippen molar-refractivity contribution in [1.29, 1.82) is 0 Å². The Morgan fingerprint density at radius 1 is 1.38 bits per heavy atom. The summed E-state index contributed by atoms with van der Waals surface area (Å²) in [6, 6.07) is 9.16. The predicted octanol–water partition coefficient (Wildman–Crippen LogP) is 3.47. The van der Waals surface area contributed by atoms with Crippen LogP contribution in [0.15, 0.2) is 29.2 Å². The fourth-order valence-corrected chi connectivity index (χ4v) is 2.24. The number of unbranched alkanes of at least 4 members (excludes halogenated alkanes) is 1. The Hall–Kier alpha value is -0.910. The molecule has 0 aromatic heterocycles. The lowest BCUT2D eigenvalue weighted by atomic mass is 10.1. The molecule has 16 heavy (non-hydrogen) atoms. The molecule has 0 heterocycles. The first-order valence-electron chi connectivity index (χ1n) is 5.61. The molecule has 1 N–H and O–H groups in total. The summed E-state index contributed by atoms with van der Waals surface area (Å²) < 4.78 is 0. The maximum Gasteiger partial charge on any atom is 0.0289 e. The highest BCUT2D eigenvalue weighted by atomic mass is 32.2. The van der Waals surface area contributed by atoms with Crippen LogP contribution in [0, 0.1) is 12.3 Å². The van der Waals surface area contributed by atoms with Gasteiger partial charge in [0.1, 0.15) is 0 Å². The van der Waals surface area contributed by atoms with E-state index in [1.54, 1.807) is 0 Å². The lowest BCUT2D eigenvalue weighted by Gasteiger charge is -2.10. The lowest BCUT2D eigenvalue weighted by Crippen LogP contribution is -2.11. The van der Waals surface area contributed by atoms with Crippen LogP contribution in [-0.4, -0.2) is 12.8 Å². The normalized spacial score (nSPS) is 12.1. The summed E-state index contributed by atoms with van der Waals surface area (Å²) in [4.78, 5) is 1.32. The second-order valence-electron chi connectivity index (χ2n) is 3.74. The van der Waals surface area contributed by atoms with Crippen molar-refractivity contribution in [3.63, 3.8) is 0 Å². The van der Waals surface area contributed by atoms with Gasteiger partial charge in [0, 0.05) is 17.4 Å². The van der Waals surface area contributed by atoms with Gasteiger partial charge in [-0.15, -0.1) is 24.1 Å². The SMILES string of the molecule is C#CCCCSc1ccc(C(C)NC)cc1. The van der Waals surface area contributed by atoms with Gasteiger partial charge >= 0.3 is 0 Å². The first-order valence-corrected chi connectivity index (χ1v) is 6.60. The first kappa shape index (κ1) is 13.2. The lowest BCUT2D eigenvalue weighted by molar-refractivity contribution is 0.652. The third-order valence-electron chi connectivity index (χ3n) is 2.55. The fourth-order valence-electron chi connectivity index (χ4n) is 1.38. The van der Waals surface area contributed by atoms with E-state index in [4.69, 9.17) is 6.42 Å². The minimum Gasteiger partial charge on any atom is -0.313 e. The molecular weight excluding hydrogens is 214 g/mol. The second-order valence-corrected chi connectivity index (χ2v) is 4.90. The van der Waals surface area contributed by atoms with E-state index in [0.29, 0.717) is 6.04 Å². The molecular formula is C14H19NS. The van der Waals surface area contributed by atoms with Gasteiger partial charge in [0.05, 0.1) is 0 Å². The van der Waals surface area contributed by atoms with E-state index in [9.17, 15) is 0 Å². The van der Waals surface area contributed by atoms with Crippen molar-refractivity contribution >= 4 is 11.8 Å². The summed E-state index contributed by atoms with van der Waals surface area (Å²) in [6.45, 7) is 2.16. The zero-order chi connectivity index (χ0) is 11.8. The van der Waals surface area contributed by atoms with E-state index in [1.165, 1.54) is 10.5 Å². The molecule has 0 radical (unpaired) electrons. The third kappa shape index (κ3) is 4.30. The van der Waals surface area contributed by atoms with Gasteiger partial charge in [-0.05, 0) is 43.8 Å². The Labute approximate surface area is 103 Å². The molecule has 1 aromatic carbocycles. The van der Waals surface area contributed by atoms with Crippen molar-refractivity contribution in [2.45, 2.75) is 30.7 Å². The molecule has 0 amide bonds. The number of rotatable bonds is 6. The molecule has 1 nitrogen and oxygen atoms in total. The van der Waals surface area contributed by atoms with Crippen molar-refractivity contribution < 1.29 is 0 Å². The number of hydrogen-bond acceptors (Lipinski definition) is 2. The topological polar surface area (TPSA) is 12.0 Å². The van der Waals surface area contributed by atoms with Crippen molar-refractivity contribution in [2.24, 2.45) is 0 Å². The Bertz CT molecular complexity index is 337. The van der Waals surface area contributed by atoms with Crippen LogP contribution in [0.3, 0.4) is 0 Å². The summed E-state index contributed by atoms with van der Waals surface area (Å²) in [5.74, 6) is 3.77. The fraction of sp³-hybridized carbons (Fsp3) is 0.429. The summed E-state index contributed by atoms with van der Waals surface area (Å²) in [5, 5.41) is 3.23. The summed E-state index contributed by atoms with van der Waals surface area (Å²) >= 11 is 1.87. The van der Waals surface area contributed by atoms with Crippen LogP contribution in [0.4, 0.5) is 0 Å². The van der Waals surface area contributed by atoms with Gasteiger partial charge in [-0.2, -0.15) is 0 Å². The summed E-state index contributed by atoms with van der Waals surface area (Å²) in [5.41, 5.74) is 1.33. The number of nitrogens with one attached hydrogen (secondary N) is 1. The van der Waals surface area contributed by atoms with Crippen molar-refractivity contribution in [3.8, 4) is 12.3 Å². The molecule has 1 rings (SSSR count). The molecule has 0 aliphatic carbocycles.